The summed E-state index contributed by atoms with van der Waals surface area (Å²) in [6.45, 7) is 5.74. The largest absolute Gasteiger partial charge is 0.491 e. The summed E-state index contributed by atoms with van der Waals surface area (Å²) in [7, 11) is 0. The second kappa shape index (κ2) is 5.78. The Morgan fingerprint density at radius 1 is 1.10 bits per heavy atom. The van der Waals surface area contributed by atoms with E-state index in [4.69, 9.17) is 4.74 Å². The molecule has 0 aliphatic carbocycles. The van der Waals surface area contributed by atoms with Gasteiger partial charge in [-0.3, -0.25) is 0 Å². The van der Waals surface area contributed by atoms with Gasteiger partial charge in [-0.05, 0) is 55.7 Å². The lowest BCUT2D eigenvalue weighted by molar-refractivity contribution is 0.0696. The van der Waals surface area contributed by atoms with Gasteiger partial charge >= 0.3 is 5.97 Å². The topological polar surface area (TPSA) is 46.5 Å². The Balaban J connectivity index is 2.41. The first kappa shape index (κ1) is 14.1. The second-order valence-corrected chi connectivity index (χ2v) is 5.03. The molecule has 0 saturated heterocycles. The highest BCUT2D eigenvalue weighted by Gasteiger charge is 2.09. The predicted octanol–water partition coefficient (Wildman–Crippen LogP) is 4.15. The van der Waals surface area contributed by atoms with Gasteiger partial charge in [-0.2, -0.15) is 0 Å². The van der Waals surface area contributed by atoms with Crippen LogP contribution in [0.1, 0.15) is 29.8 Å². The number of benzene rings is 2. The molecule has 0 aliphatic heterocycles. The molecule has 0 amide bonds. The maximum Gasteiger partial charge on any atom is 0.335 e. The monoisotopic (exact) mass is 270 g/mol. The molecule has 104 valence electrons. The van der Waals surface area contributed by atoms with Crippen LogP contribution < -0.4 is 4.74 Å². The highest BCUT2D eigenvalue weighted by Crippen LogP contribution is 2.26. The maximum absolute atomic E-state index is 11.2. The Morgan fingerprint density at radius 2 is 1.80 bits per heavy atom. The Bertz CT molecular complexity index is 630. The van der Waals surface area contributed by atoms with Crippen molar-refractivity contribution in [2.45, 2.75) is 26.9 Å². The first-order valence-electron chi connectivity index (χ1n) is 6.58. The van der Waals surface area contributed by atoms with E-state index in [-0.39, 0.29) is 6.10 Å². The van der Waals surface area contributed by atoms with Gasteiger partial charge < -0.3 is 9.84 Å². The van der Waals surface area contributed by atoms with E-state index in [2.05, 4.69) is 0 Å². The lowest BCUT2D eigenvalue weighted by atomic mass is 9.99. The molecule has 1 N–H and O–H groups in total. The van der Waals surface area contributed by atoms with E-state index in [1.807, 2.05) is 50.2 Å². The summed E-state index contributed by atoms with van der Waals surface area (Å²) in [6, 6.07) is 13.1. The highest BCUT2D eigenvalue weighted by molar-refractivity contribution is 5.91. The standard InChI is InChI=1S/C17H18O3/c1-11(2)20-15-6-4-5-13(9-15)14-8-7-12(3)16(10-14)17(18)19/h4-11H,1-3H3,(H,18,19). The number of carboxylic acid groups (broad SMARTS) is 1. The molecule has 0 unspecified atom stereocenters. The second-order valence-electron chi connectivity index (χ2n) is 5.03. The molecule has 0 bridgehead atoms. The molecule has 20 heavy (non-hydrogen) atoms. The van der Waals surface area contributed by atoms with Crippen LogP contribution in [-0.4, -0.2) is 17.2 Å². The molecule has 0 aliphatic rings. The number of hydrogen-bond acceptors (Lipinski definition) is 2. The number of aromatic carboxylic acids is 1. The van der Waals surface area contributed by atoms with E-state index in [9.17, 15) is 9.90 Å². The number of carboxylic acids is 1. The van der Waals surface area contributed by atoms with Gasteiger partial charge in [-0.15, -0.1) is 0 Å². The van der Waals surface area contributed by atoms with Crippen molar-refractivity contribution in [3.05, 3.63) is 53.6 Å². The van der Waals surface area contributed by atoms with Gasteiger partial charge in [-0.25, -0.2) is 4.79 Å². The zero-order valence-electron chi connectivity index (χ0n) is 11.9. The van der Waals surface area contributed by atoms with Crippen molar-refractivity contribution in [3.63, 3.8) is 0 Å². The van der Waals surface area contributed by atoms with Crippen molar-refractivity contribution in [1.82, 2.24) is 0 Å². The molecule has 2 aromatic rings. The minimum absolute atomic E-state index is 0.109. The van der Waals surface area contributed by atoms with Crippen LogP contribution in [0.5, 0.6) is 5.75 Å². The van der Waals surface area contributed by atoms with Crippen LogP contribution in [0.15, 0.2) is 42.5 Å². The van der Waals surface area contributed by atoms with E-state index < -0.39 is 5.97 Å². The Hall–Kier alpha value is -2.29. The zero-order valence-corrected chi connectivity index (χ0v) is 11.9. The van der Waals surface area contributed by atoms with Crippen molar-refractivity contribution in [3.8, 4) is 16.9 Å². The first-order chi connectivity index (χ1) is 9.47. The van der Waals surface area contributed by atoms with Gasteiger partial charge in [0, 0.05) is 0 Å². The van der Waals surface area contributed by atoms with Crippen molar-refractivity contribution in [2.24, 2.45) is 0 Å². The summed E-state index contributed by atoms with van der Waals surface area (Å²) in [5, 5.41) is 9.19. The Morgan fingerprint density at radius 3 is 2.45 bits per heavy atom. The number of hydrogen-bond donors (Lipinski definition) is 1. The first-order valence-corrected chi connectivity index (χ1v) is 6.58. The Kier molecular flexibility index (Phi) is 4.08. The minimum atomic E-state index is -0.904. The van der Waals surface area contributed by atoms with Gasteiger partial charge in [0.1, 0.15) is 5.75 Å². The summed E-state index contributed by atoms with van der Waals surface area (Å²) < 4.78 is 5.66. The third-order valence-electron chi connectivity index (χ3n) is 3.01. The highest BCUT2D eigenvalue weighted by atomic mass is 16.5. The number of aryl methyl sites for hydroxylation is 1. The molecule has 0 radical (unpaired) electrons. The molecular weight excluding hydrogens is 252 g/mol. The number of ether oxygens (including phenoxy) is 1. The van der Waals surface area contributed by atoms with Crippen LogP contribution in [0.3, 0.4) is 0 Å². The van der Waals surface area contributed by atoms with Crippen molar-refractivity contribution >= 4 is 5.97 Å². The lowest BCUT2D eigenvalue weighted by Gasteiger charge is -2.11. The van der Waals surface area contributed by atoms with E-state index in [1.165, 1.54) is 0 Å². The molecule has 0 spiro atoms. The molecule has 0 saturated carbocycles. The summed E-state index contributed by atoms with van der Waals surface area (Å²) in [6.07, 6.45) is 0.109. The SMILES string of the molecule is Cc1ccc(-c2cccc(OC(C)C)c2)cc1C(=O)O. The zero-order chi connectivity index (χ0) is 14.7. The smallest absolute Gasteiger partial charge is 0.335 e. The third kappa shape index (κ3) is 3.18. The van der Waals surface area contributed by atoms with Gasteiger partial charge in [-0.1, -0.05) is 24.3 Å². The fraction of sp³-hybridized carbons (Fsp3) is 0.235. The summed E-state index contributed by atoms with van der Waals surface area (Å²) in [5.74, 6) is -0.117. The van der Waals surface area contributed by atoms with E-state index in [0.29, 0.717) is 5.56 Å². The van der Waals surface area contributed by atoms with Crippen molar-refractivity contribution in [1.29, 1.82) is 0 Å². The van der Waals surface area contributed by atoms with E-state index in [0.717, 1.165) is 22.4 Å². The van der Waals surface area contributed by atoms with Gasteiger partial charge in [0.2, 0.25) is 0 Å². The molecule has 0 fully saturated rings. The van der Waals surface area contributed by atoms with E-state index >= 15 is 0 Å². The fourth-order valence-corrected chi connectivity index (χ4v) is 2.05. The quantitative estimate of drug-likeness (QED) is 0.907. The Labute approximate surface area is 118 Å². The van der Waals surface area contributed by atoms with Crippen LogP contribution >= 0.6 is 0 Å². The molecule has 0 heterocycles. The average Bonchev–Trinajstić information content (AvgIpc) is 2.38. The van der Waals surface area contributed by atoms with Crippen LogP contribution in [0.25, 0.3) is 11.1 Å². The molecule has 3 heteroatoms. The summed E-state index contributed by atoms with van der Waals surface area (Å²) >= 11 is 0. The summed E-state index contributed by atoms with van der Waals surface area (Å²) in [4.78, 5) is 11.2. The molecule has 0 atom stereocenters. The van der Waals surface area contributed by atoms with Crippen molar-refractivity contribution < 1.29 is 14.6 Å². The minimum Gasteiger partial charge on any atom is -0.491 e. The van der Waals surface area contributed by atoms with Crippen LogP contribution in [-0.2, 0) is 0 Å². The third-order valence-corrected chi connectivity index (χ3v) is 3.01. The lowest BCUT2D eigenvalue weighted by Crippen LogP contribution is -2.05. The van der Waals surface area contributed by atoms with Crippen LogP contribution in [0, 0.1) is 6.92 Å². The van der Waals surface area contributed by atoms with Gasteiger partial charge in [0.25, 0.3) is 0 Å². The molecule has 3 nitrogen and oxygen atoms in total. The van der Waals surface area contributed by atoms with E-state index in [1.54, 1.807) is 13.0 Å². The molecular formula is C17H18O3. The normalized spacial score (nSPS) is 10.6. The molecule has 0 aromatic heterocycles. The maximum atomic E-state index is 11.2. The molecule has 2 aromatic carbocycles. The average molecular weight is 270 g/mol. The fourth-order valence-electron chi connectivity index (χ4n) is 2.05. The number of carbonyl (C=O) groups is 1. The van der Waals surface area contributed by atoms with Crippen LogP contribution in [0.4, 0.5) is 0 Å². The van der Waals surface area contributed by atoms with Crippen LogP contribution in [0.2, 0.25) is 0 Å². The van der Waals surface area contributed by atoms with Gasteiger partial charge in [0.05, 0.1) is 11.7 Å². The van der Waals surface area contributed by atoms with Crippen molar-refractivity contribution in [2.75, 3.05) is 0 Å². The number of rotatable bonds is 4. The van der Waals surface area contributed by atoms with Gasteiger partial charge in [0.15, 0.2) is 0 Å². The molecule has 2 rings (SSSR count). The summed E-state index contributed by atoms with van der Waals surface area (Å²) in [5.41, 5.74) is 2.92. The predicted molar refractivity (Wildman–Crippen MR) is 79.3 cm³/mol.